The number of hydrogen-bond acceptors (Lipinski definition) is 5. The molecular formula is C19H16ClN3O2S. The molecule has 1 aliphatic rings. The van der Waals surface area contributed by atoms with E-state index in [0.29, 0.717) is 22.7 Å². The Hall–Kier alpha value is -2.44. The molecule has 2 heterocycles. The van der Waals surface area contributed by atoms with Crippen molar-refractivity contribution >= 4 is 40.6 Å². The highest BCUT2D eigenvalue weighted by molar-refractivity contribution is 7.16. The zero-order valence-corrected chi connectivity index (χ0v) is 15.6. The van der Waals surface area contributed by atoms with Crippen molar-refractivity contribution in [1.29, 1.82) is 0 Å². The van der Waals surface area contributed by atoms with E-state index in [1.165, 1.54) is 17.4 Å². The van der Waals surface area contributed by atoms with Crippen molar-refractivity contribution in [2.45, 2.75) is 25.7 Å². The maximum atomic E-state index is 12.2. The Balaban J connectivity index is 1.47. The van der Waals surface area contributed by atoms with Crippen LogP contribution in [0.25, 0.3) is 16.8 Å². The van der Waals surface area contributed by atoms with Crippen LogP contribution in [0.4, 0.5) is 5.69 Å². The number of nitrogens with zero attached hydrogens (tertiary/aromatic N) is 2. The Morgan fingerprint density at radius 2 is 2.19 bits per heavy atom. The zero-order valence-electron chi connectivity index (χ0n) is 14.0. The van der Waals surface area contributed by atoms with Gasteiger partial charge in [0.1, 0.15) is 0 Å². The standard InChI is InChI=1S/C19H16ClN3O2S/c1-11-15(21-17(24)9-8-12-4-2-3-5-14(12)20)10-16(26-11)18-22-19(25-23-18)13-6-7-13/h2-5,8-10,13H,6-7H2,1H3,(H,21,24). The number of carbonyl (C=O) groups is 1. The number of carbonyl (C=O) groups excluding carboxylic acids is 1. The molecule has 1 amide bonds. The zero-order chi connectivity index (χ0) is 18.1. The van der Waals surface area contributed by atoms with Crippen LogP contribution in [0, 0.1) is 6.92 Å². The van der Waals surface area contributed by atoms with Crippen molar-refractivity contribution in [3.05, 3.63) is 57.8 Å². The van der Waals surface area contributed by atoms with E-state index in [-0.39, 0.29) is 5.91 Å². The SMILES string of the molecule is Cc1sc(-c2noc(C3CC3)n2)cc1NC(=O)C=Cc1ccccc1Cl. The Labute approximate surface area is 159 Å². The Morgan fingerprint density at radius 1 is 1.38 bits per heavy atom. The summed E-state index contributed by atoms with van der Waals surface area (Å²) in [6.07, 6.45) is 5.40. The second-order valence-electron chi connectivity index (χ2n) is 6.16. The van der Waals surface area contributed by atoms with Gasteiger partial charge in [0.2, 0.25) is 17.6 Å². The molecule has 3 aromatic rings. The lowest BCUT2D eigenvalue weighted by Crippen LogP contribution is -2.07. The lowest BCUT2D eigenvalue weighted by Gasteiger charge is -2.00. The summed E-state index contributed by atoms with van der Waals surface area (Å²) in [6, 6.07) is 9.24. The Bertz CT molecular complexity index is 988. The summed E-state index contributed by atoms with van der Waals surface area (Å²) in [4.78, 5) is 18.5. The molecule has 0 atom stereocenters. The summed E-state index contributed by atoms with van der Waals surface area (Å²) in [7, 11) is 0. The average Bonchev–Trinajstić information content (AvgIpc) is 3.25. The molecule has 1 fully saturated rings. The van der Waals surface area contributed by atoms with Crippen LogP contribution in [0.5, 0.6) is 0 Å². The number of aromatic nitrogens is 2. The molecular weight excluding hydrogens is 370 g/mol. The van der Waals surface area contributed by atoms with Crippen molar-refractivity contribution in [3.8, 4) is 10.7 Å². The molecule has 0 spiro atoms. The van der Waals surface area contributed by atoms with Crippen LogP contribution >= 0.6 is 22.9 Å². The smallest absolute Gasteiger partial charge is 0.248 e. The van der Waals surface area contributed by atoms with Gasteiger partial charge in [0.15, 0.2) is 0 Å². The number of hydrogen-bond donors (Lipinski definition) is 1. The normalized spacial score (nSPS) is 14.1. The fourth-order valence-electron chi connectivity index (χ4n) is 2.50. The molecule has 0 aliphatic heterocycles. The maximum Gasteiger partial charge on any atom is 0.248 e. The highest BCUT2D eigenvalue weighted by atomic mass is 35.5. The van der Waals surface area contributed by atoms with Crippen molar-refractivity contribution in [2.75, 3.05) is 5.32 Å². The molecule has 0 bridgehead atoms. The van der Waals surface area contributed by atoms with Gasteiger partial charge >= 0.3 is 0 Å². The Morgan fingerprint density at radius 3 is 2.96 bits per heavy atom. The summed E-state index contributed by atoms with van der Waals surface area (Å²) in [5, 5.41) is 7.54. The number of aryl methyl sites for hydroxylation is 1. The molecule has 4 rings (SSSR count). The maximum absolute atomic E-state index is 12.2. The molecule has 0 unspecified atom stereocenters. The van der Waals surface area contributed by atoms with E-state index in [9.17, 15) is 4.79 Å². The molecule has 1 N–H and O–H groups in total. The molecule has 7 heteroatoms. The van der Waals surface area contributed by atoms with Crippen LogP contribution in [0.2, 0.25) is 5.02 Å². The van der Waals surface area contributed by atoms with E-state index in [4.69, 9.17) is 16.1 Å². The first kappa shape index (κ1) is 17.0. The third-order valence-electron chi connectivity index (χ3n) is 4.08. The molecule has 0 radical (unpaired) electrons. The molecule has 26 heavy (non-hydrogen) atoms. The number of amides is 1. The van der Waals surface area contributed by atoms with Crippen molar-refractivity contribution in [2.24, 2.45) is 0 Å². The van der Waals surface area contributed by atoms with Crippen LogP contribution in [-0.2, 0) is 4.79 Å². The van der Waals surface area contributed by atoms with Gasteiger partial charge in [-0.2, -0.15) is 4.98 Å². The summed E-state index contributed by atoms with van der Waals surface area (Å²) in [5.41, 5.74) is 1.54. The second kappa shape index (κ2) is 7.05. The monoisotopic (exact) mass is 385 g/mol. The molecule has 0 saturated heterocycles. The van der Waals surface area contributed by atoms with Gasteiger partial charge in [0.25, 0.3) is 0 Å². The first-order valence-electron chi connectivity index (χ1n) is 8.28. The second-order valence-corrected chi connectivity index (χ2v) is 7.82. The van der Waals surface area contributed by atoms with Gasteiger partial charge in [-0.3, -0.25) is 4.79 Å². The number of anilines is 1. The molecule has 1 saturated carbocycles. The van der Waals surface area contributed by atoms with Gasteiger partial charge in [0.05, 0.1) is 10.6 Å². The molecule has 2 aromatic heterocycles. The first-order chi connectivity index (χ1) is 12.6. The van der Waals surface area contributed by atoms with E-state index in [2.05, 4.69) is 15.5 Å². The van der Waals surface area contributed by atoms with Gasteiger partial charge < -0.3 is 9.84 Å². The largest absolute Gasteiger partial charge is 0.339 e. The van der Waals surface area contributed by atoms with Gasteiger partial charge in [-0.1, -0.05) is 35.0 Å². The van der Waals surface area contributed by atoms with E-state index < -0.39 is 0 Å². The molecule has 5 nitrogen and oxygen atoms in total. The van der Waals surface area contributed by atoms with Crippen LogP contribution in [0.15, 0.2) is 40.9 Å². The number of thiophene rings is 1. The van der Waals surface area contributed by atoms with Crippen LogP contribution in [-0.4, -0.2) is 16.0 Å². The Kier molecular flexibility index (Phi) is 4.61. The predicted molar refractivity (Wildman–Crippen MR) is 103 cm³/mol. The summed E-state index contributed by atoms with van der Waals surface area (Å²) < 4.78 is 5.31. The lowest BCUT2D eigenvalue weighted by atomic mass is 10.2. The fourth-order valence-corrected chi connectivity index (χ4v) is 3.60. The highest BCUT2D eigenvalue weighted by Gasteiger charge is 2.30. The summed E-state index contributed by atoms with van der Waals surface area (Å²) in [5.74, 6) is 1.49. The van der Waals surface area contributed by atoms with Crippen molar-refractivity contribution in [3.63, 3.8) is 0 Å². The van der Waals surface area contributed by atoms with Gasteiger partial charge in [0, 0.05) is 21.9 Å². The third kappa shape index (κ3) is 3.71. The minimum Gasteiger partial charge on any atom is -0.339 e. The predicted octanol–water partition coefficient (Wildman–Crippen LogP) is 5.29. The van der Waals surface area contributed by atoms with E-state index in [1.807, 2.05) is 31.2 Å². The minimum atomic E-state index is -0.218. The third-order valence-corrected chi connectivity index (χ3v) is 5.47. The summed E-state index contributed by atoms with van der Waals surface area (Å²) >= 11 is 7.62. The van der Waals surface area contributed by atoms with Gasteiger partial charge in [-0.25, -0.2) is 0 Å². The molecule has 1 aliphatic carbocycles. The average molecular weight is 386 g/mol. The summed E-state index contributed by atoms with van der Waals surface area (Å²) in [6.45, 7) is 1.95. The topological polar surface area (TPSA) is 68.0 Å². The number of benzene rings is 1. The quantitative estimate of drug-likeness (QED) is 0.606. The molecule has 1 aromatic carbocycles. The number of rotatable bonds is 5. The van der Waals surface area contributed by atoms with Crippen LogP contribution < -0.4 is 5.32 Å². The van der Waals surface area contributed by atoms with Gasteiger partial charge in [-0.05, 0) is 43.5 Å². The number of halogens is 1. The van der Waals surface area contributed by atoms with Crippen LogP contribution in [0.3, 0.4) is 0 Å². The fraction of sp³-hybridized carbons (Fsp3) is 0.211. The minimum absolute atomic E-state index is 0.218. The molecule has 132 valence electrons. The van der Waals surface area contributed by atoms with E-state index in [0.717, 1.165) is 33.8 Å². The van der Waals surface area contributed by atoms with Crippen molar-refractivity contribution in [1.82, 2.24) is 10.1 Å². The van der Waals surface area contributed by atoms with E-state index in [1.54, 1.807) is 12.1 Å². The highest BCUT2D eigenvalue weighted by Crippen LogP contribution is 2.40. The first-order valence-corrected chi connectivity index (χ1v) is 9.47. The van der Waals surface area contributed by atoms with Crippen molar-refractivity contribution < 1.29 is 9.32 Å². The number of nitrogens with one attached hydrogen (secondary N) is 1. The lowest BCUT2D eigenvalue weighted by molar-refractivity contribution is -0.111. The van der Waals surface area contributed by atoms with E-state index >= 15 is 0 Å². The van der Waals surface area contributed by atoms with Crippen LogP contribution in [0.1, 0.15) is 35.1 Å². The van der Waals surface area contributed by atoms with Gasteiger partial charge in [-0.15, -0.1) is 11.3 Å².